The number of aromatic nitrogens is 1. The molecule has 0 aliphatic carbocycles. The highest BCUT2D eigenvalue weighted by molar-refractivity contribution is 5.94. The van der Waals surface area contributed by atoms with Gasteiger partial charge in [-0.3, -0.25) is 9.59 Å². The average Bonchev–Trinajstić information content (AvgIpc) is 2.46. The Labute approximate surface area is 123 Å². The Morgan fingerprint density at radius 2 is 1.71 bits per heavy atom. The molecule has 1 fully saturated rings. The van der Waals surface area contributed by atoms with Crippen molar-refractivity contribution >= 4 is 11.9 Å². The van der Waals surface area contributed by atoms with Crippen molar-refractivity contribution in [2.75, 3.05) is 40.3 Å². The molecule has 2 rings (SSSR count). The monoisotopic (exact) mass is 292 g/mol. The number of carbonyl (C=O) groups excluding carboxylic acids is 2. The van der Waals surface area contributed by atoms with E-state index in [0.717, 1.165) is 5.69 Å². The lowest BCUT2D eigenvalue weighted by Gasteiger charge is -2.35. The van der Waals surface area contributed by atoms with Crippen molar-refractivity contribution in [1.82, 2.24) is 19.7 Å². The van der Waals surface area contributed by atoms with Crippen LogP contribution >= 0.6 is 0 Å². The lowest BCUT2D eigenvalue weighted by Crippen LogP contribution is -2.53. The number of amides is 3. The van der Waals surface area contributed by atoms with Crippen LogP contribution in [0.3, 0.4) is 0 Å². The summed E-state index contributed by atoms with van der Waals surface area (Å²) in [6.45, 7) is 3.60. The van der Waals surface area contributed by atoms with E-state index in [-0.39, 0.29) is 22.9 Å². The summed E-state index contributed by atoms with van der Waals surface area (Å²) in [6, 6.07) is 1.36. The Morgan fingerprint density at radius 1 is 1.14 bits per heavy atom. The fourth-order valence-electron chi connectivity index (χ4n) is 2.29. The second-order valence-electron chi connectivity index (χ2n) is 5.35. The van der Waals surface area contributed by atoms with Gasteiger partial charge in [0.15, 0.2) is 5.43 Å². The normalized spacial score (nSPS) is 15.0. The van der Waals surface area contributed by atoms with E-state index < -0.39 is 0 Å². The summed E-state index contributed by atoms with van der Waals surface area (Å²) in [7, 11) is 3.40. The summed E-state index contributed by atoms with van der Waals surface area (Å²) in [4.78, 5) is 43.7. The largest absolute Gasteiger partial charge is 0.364 e. The van der Waals surface area contributed by atoms with Gasteiger partial charge in [0, 0.05) is 58.2 Å². The lowest BCUT2D eigenvalue weighted by molar-refractivity contribution is 0.0648. The zero-order valence-electron chi connectivity index (χ0n) is 12.5. The molecule has 1 aliphatic heterocycles. The maximum absolute atomic E-state index is 12.3. The molecule has 0 radical (unpaired) electrons. The van der Waals surface area contributed by atoms with Crippen molar-refractivity contribution in [3.63, 3.8) is 0 Å². The van der Waals surface area contributed by atoms with Crippen LogP contribution in [0.1, 0.15) is 16.1 Å². The second-order valence-corrected chi connectivity index (χ2v) is 5.35. The van der Waals surface area contributed by atoms with Crippen molar-refractivity contribution in [3.05, 3.63) is 33.7 Å². The molecule has 114 valence electrons. The lowest BCUT2D eigenvalue weighted by atomic mass is 10.2. The first kappa shape index (κ1) is 15.1. The molecule has 1 aromatic heterocycles. The van der Waals surface area contributed by atoms with Gasteiger partial charge in [0.25, 0.3) is 5.91 Å². The van der Waals surface area contributed by atoms with Crippen LogP contribution in [-0.2, 0) is 0 Å². The molecule has 0 spiro atoms. The number of piperazine rings is 1. The first-order valence-electron chi connectivity index (χ1n) is 6.85. The third kappa shape index (κ3) is 3.24. The number of carbonyl (C=O) groups is 2. The minimum absolute atomic E-state index is 0.0599. The molecule has 7 heteroatoms. The van der Waals surface area contributed by atoms with E-state index in [1.54, 1.807) is 30.8 Å². The Kier molecular flexibility index (Phi) is 4.30. The first-order valence-corrected chi connectivity index (χ1v) is 6.85. The summed E-state index contributed by atoms with van der Waals surface area (Å²) in [5.41, 5.74) is 0.592. The van der Waals surface area contributed by atoms with Crippen molar-refractivity contribution in [2.45, 2.75) is 6.92 Å². The molecule has 2 heterocycles. The number of H-pyrrole nitrogens is 1. The molecule has 1 N–H and O–H groups in total. The molecule has 7 nitrogen and oxygen atoms in total. The first-order chi connectivity index (χ1) is 9.90. The van der Waals surface area contributed by atoms with E-state index in [2.05, 4.69) is 4.98 Å². The van der Waals surface area contributed by atoms with Crippen LogP contribution in [0.25, 0.3) is 0 Å². The van der Waals surface area contributed by atoms with Crippen LogP contribution in [0, 0.1) is 6.92 Å². The smallest absolute Gasteiger partial charge is 0.319 e. The SMILES string of the molecule is Cc1cc(=O)c(C(=O)N2CCN(C(=O)N(C)C)CC2)c[nH]1. The van der Waals surface area contributed by atoms with Crippen LogP contribution in [-0.4, -0.2) is 71.9 Å². The highest BCUT2D eigenvalue weighted by Gasteiger charge is 2.26. The molecule has 0 saturated carbocycles. The number of pyridine rings is 1. The number of hydrogen-bond donors (Lipinski definition) is 1. The minimum Gasteiger partial charge on any atom is -0.364 e. The average molecular weight is 292 g/mol. The third-order valence-corrected chi connectivity index (χ3v) is 3.51. The standard InChI is InChI=1S/C14H20N4O3/c1-10-8-12(19)11(9-15-10)13(20)17-4-6-18(7-5-17)14(21)16(2)3/h8-9H,4-7H2,1-3H3,(H,15,19). The van der Waals surface area contributed by atoms with Gasteiger partial charge in [-0.05, 0) is 6.92 Å². The van der Waals surface area contributed by atoms with Crippen molar-refractivity contribution < 1.29 is 9.59 Å². The molecule has 0 atom stereocenters. The van der Waals surface area contributed by atoms with Gasteiger partial charge in [-0.2, -0.15) is 0 Å². The van der Waals surface area contributed by atoms with E-state index in [1.807, 2.05) is 0 Å². The Bertz CT molecular complexity index is 600. The zero-order chi connectivity index (χ0) is 15.6. The van der Waals surface area contributed by atoms with Crippen LogP contribution < -0.4 is 5.43 Å². The number of nitrogens with zero attached hydrogens (tertiary/aromatic N) is 3. The van der Waals surface area contributed by atoms with Crippen LogP contribution in [0.15, 0.2) is 17.1 Å². The summed E-state index contributed by atoms with van der Waals surface area (Å²) >= 11 is 0. The number of rotatable bonds is 1. The topological polar surface area (TPSA) is 76.7 Å². The fourth-order valence-corrected chi connectivity index (χ4v) is 2.29. The van der Waals surface area contributed by atoms with Gasteiger partial charge in [-0.25, -0.2) is 4.79 Å². The van der Waals surface area contributed by atoms with Crippen molar-refractivity contribution in [3.8, 4) is 0 Å². The fraction of sp³-hybridized carbons (Fsp3) is 0.500. The molecule has 1 saturated heterocycles. The summed E-state index contributed by atoms with van der Waals surface area (Å²) in [5, 5.41) is 0. The Hall–Kier alpha value is -2.31. The molecule has 21 heavy (non-hydrogen) atoms. The summed E-state index contributed by atoms with van der Waals surface area (Å²) in [5.74, 6) is -0.284. The molecule has 1 aliphatic rings. The predicted molar refractivity (Wildman–Crippen MR) is 78.4 cm³/mol. The molecule has 1 aromatic rings. The van der Waals surface area contributed by atoms with Crippen LogP contribution in [0.4, 0.5) is 4.79 Å². The quantitative estimate of drug-likeness (QED) is 0.799. The van der Waals surface area contributed by atoms with E-state index >= 15 is 0 Å². The molecular weight excluding hydrogens is 272 g/mol. The van der Waals surface area contributed by atoms with Crippen molar-refractivity contribution in [1.29, 1.82) is 0 Å². The van der Waals surface area contributed by atoms with Gasteiger partial charge in [0.05, 0.1) is 0 Å². The van der Waals surface area contributed by atoms with Gasteiger partial charge in [-0.1, -0.05) is 0 Å². The van der Waals surface area contributed by atoms with Crippen molar-refractivity contribution in [2.24, 2.45) is 0 Å². The van der Waals surface area contributed by atoms with Gasteiger partial charge < -0.3 is 19.7 Å². The van der Waals surface area contributed by atoms with Gasteiger partial charge in [0.1, 0.15) is 5.56 Å². The summed E-state index contributed by atoms with van der Waals surface area (Å²) in [6.07, 6.45) is 1.46. The number of urea groups is 1. The van der Waals surface area contributed by atoms with Crippen LogP contribution in [0.5, 0.6) is 0 Å². The highest BCUT2D eigenvalue weighted by atomic mass is 16.2. The van der Waals surface area contributed by atoms with E-state index in [1.165, 1.54) is 17.2 Å². The maximum atomic E-state index is 12.3. The third-order valence-electron chi connectivity index (χ3n) is 3.51. The van der Waals surface area contributed by atoms with E-state index in [4.69, 9.17) is 0 Å². The molecule has 0 unspecified atom stereocenters. The molecular formula is C14H20N4O3. The highest BCUT2D eigenvalue weighted by Crippen LogP contribution is 2.07. The minimum atomic E-state index is -0.284. The number of hydrogen-bond acceptors (Lipinski definition) is 3. The maximum Gasteiger partial charge on any atom is 0.319 e. The molecule has 0 aromatic carbocycles. The van der Waals surface area contributed by atoms with Gasteiger partial charge in [0.2, 0.25) is 0 Å². The Balaban J connectivity index is 2.03. The van der Waals surface area contributed by atoms with Gasteiger partial charge >= 0.3 is 6.03 Å². The second kappa shape index (κ2) is 5.99. The number of aryl methyl sites for hydroxylation is 1. The zero-order valence-corrected chi connectivity index (χ0v) is 12.5. The van der Waals surface area contributed by atoms with Crippen LogP contribution in [0.2, 0.25) is 0 Å². The van der Waals surface area contributed by atoms with E-state index in [0.29, 0.717) is 26.2 Å². The number of nitrogens with one attached hydrogen (secondary N) is 1. The Morgan fingerprint density at radius 3 is 2.24 bits per heavy atom. The summed E-state index contributed by atoms with van der Waals surface area (Å²) < 4.78 is 0. The number of aromatic amines is 1. The van der Waals surface area contributed by atoms with Gasteiger partial charge in [-0.15, -0.1) is 0 Å². The molecule has 0 bridgehead atoms. The molecule has 3 amide bonds. The predicted octanol–water partition coefficient (Wildman–Crippen LogP) is 0.123. The van der Waals surface area contributed by atoms with E-state index in [9.17, 15) is 14.4 Å².